The number of pyridine rings is 1. The highest BCUT2D eigenvalue weighted by atomic mass is 15.2. The van der Waals surface area contributed by atoms with Crippen LogP contribution in [0.15, 0.2) is 42.6 Å². The summed E-state index contributed by atoms with van der Waals surface area (Å²) in [6.45, 7) is 2.96. The molecule has 0 radical (unpaired) electrons. The summed E-state index contributed by atoms with van der Waals surface area (Å²) < 4.78 is 0. The number of nitrogens with zero attached hydrogens (tertiary/aromatic N) is 2. The third-order valence-corrected chi connectivity index (χ3v) is 3.95. The molecule has 3 nitrogen and oxygen atoms in total. The Bertz CT molecular complexity index is 553. The Morgan fingerprint density at radius 2 is 1.75 bits per heavy atom. The Labute approximate surface area is 120 Å². The molecule has 1 aromatic heterocycles. The maximum atomic E-state index is 4.61. The lowest BCUT2D eigenvalue weighted by Crippen LogP contribution is -2.28. The number of fused-ring (bicyclic) bond motifs is 1. The standard InChI is InChI=1S/C17H21N3/c1-18-13-16-7-4-10-19-17(16)20-11-8-14-5-2-3-6-15(14)9-12-20/h2-7,10,18H,8-9,11-13H2,1H3. The third-order valence-electron chi connectivity index (χ3n) is 3.95. The second-order valence-electron chi connectivity index (χ2n) is 5.27. The molecule has 3 rings (SSSR count). The van der Waals surface area contributed by atoms with Gasteiger partial charge in [-0.05, 0) is 37.1 Å². The van der Waals surface area contributed by atoms with E-state index in [1.165, 1.54) is 16.7 Å². The van der Waals surface area contributed by atoms with E-state index in [0.29, 0.717) is 0 Å². The molecule has 0 amide bonds. The van der Waals surface area contributed by atoms with Gasteiger partial charge in [0.2, 0.25) is 0 Å². The maximum Gasteiger partial charge on any atom is 0.133 e. The van der Waals surface area contributed by atoms with Gasteiger partial charge >= 0.3 is 0 Å². The second kappa shape index (κ2) is 6.06. The summed E-state index contributed by atoms with van der Waals surface area (Å²) in [6, 6.07) is 13.0. The van der Waals surface area contributed by atoms with Crippen molar-refractivity contribution >= 4 is 5.82 Å². The van der Waals surface area contributed by atoms with Crippen LogP contribution in [-0.2, 0) is 19.4 Å². The van der Waals surface area contributed by atoms with Crippen molar-refractivity contribution in [1.82, 2.24) is 10.3 Å². The first-order chi connectivity index (χ1) is 9.88. The van der Waals surface area contributed by atoms with E-state index < -0.39 is 0 Å². The Balaban J connectivity index is 1.83. The topological polar surface area (TPSA) is 28.2 Å². The van der Waals surface area contributed by atoms with Crippen LogP contribution in [0.25, 0.3) is 0 Å². The molecule has 1 N–H and O–H groups in total. The largest absolute Gasteiger partial charge is 0.356 e. The summed E-state index contributed by atoms with van der Waals surface area (Å²) in [4.78, 5) is 7.03. The van der Waals surface area contributed by atoms with E-state index in [1.807, 2.05) is 19.3 Å². The molecule has 1 aliphatic heterocycles. The van der Waals surface area contributed by atoms with Crippen LogP contribution < -0.4 is 10.2 Å². The molecule has 0 bridgehead atoms. The van der Waals surface area contributed by atoms with E-state index in [1.54, 1.807) is 0 Å². The lowest BCUT2D eigenvalue weighted by molar-refractivity contribution is 0.759. The molecular weight excluding hydrogens is 246 g/mol. The zero-order chi connectivity index (χ0) is 13.8. The molecule has 20 heavy (non-hydrogen) atoms. The first kappa shape index (κ1) is 13.1. The Morgan fingerprint density at radius 1 is 1.05 bits per heavy atom. The van der Waals surface area contributed by atoms with Crippen LogP contribution in [-0.4, -0.2) is 25.1 Å². The number of rotatable bonds is 3. The van der Waals surface area contributed by atoms with Crippen molar-refractivity contribution in [2.75, 3.05) is 25.0 Å². The Morgan fingerprint density at radius 3 is 2.40 bits per heavy atom. The Hall–Kier alpha value is -1.87. The molecule has 0 fully saturated rings. The molecular formula is C17H21N3. The minimum Gasteiger partial charge on any atom is -0.356 e. The smallest absolute Gasteiger partial charge is 0.133 e. The van der Waals surface area contributed by atoms with Crippen LogP contribution in [0.3, 0.4) is 0 Å². The number of nitrogens with one attached hydrogen (secondary N) is 1. The quantitative estimate of drug-likeness (QED) is 0.925. The van der Waals surface area contributed by atoms with Gasteiger partial charge in [0, 0.05) is 31.4 Å². The first-order valence-electron chi connectivity index (χ1n) is 7.28. The molecule has 0 unspecified atom stereocenters. The average molecular weight is 267 g/mol. The van der Waals surface area contributed by atoms with Gasteiger partial charge in [0.25, 0.3) is 0 Å². The van der Waals surface area contributed by atoms with E-state index in [9.17, 15) is 0 Å². The first-order valence-corrected chi connectivity index (χ1v) is 7.28. The zero-order valence-corrected chi connectivity index (χ0v) is 12.0. The zero-order valence-electron chi connectivity index (χ0n) is 12.0. The average Bonchev–Trinajstić information content (AvgIpc) is 2.71. The van der Waals surface area contributed by atoms with Crippen LogP contribution in [0.2, 0.25) is 0 Å². The molecule has 0 atom stereocenters. The fourth-order valence-corrected chi connectivity index (χ4v) is 2.92. The summed E-state index contributed by atoms with van der Waals surface area (Å²) in [7, 11) is 1.98. The second-order valence-corrected chi connectivity index (χ2v) is 5.27. The van der Waals surface area contributed by atoms with Gasteiger partial charge in [0.05, 0.1) is 0 Å². The van der Waals surface area contributed by atoms with Crippen molar-refractivity contribution < 1.29 is 0 Å². The van der Waals surface area contributed by atoms with E-state index in [2.05, 4.69) is 45.5 Å². The monoisotopic (exact) mass is 267 g/mol. The molecule has 0 spiro atoms. The van der Waals surface area contributed by atoms with Gasteiger partial charge < -0.3 is 10.2 Å². The minimum atomic E-state index is 0.868. The highest BCUT2D eigenvalue weighted by Crippen LogP contribution is 2.22. The Kier molecular flexibility index (Phi) is 3.97. The fourth-order valence-electron chi connectivity index (χ4n) is 2.92. The predicted molar refractivity (Wildman–Crippen MR) is 83.1 cm³/mol. The molecule has 0 saturated carbocycles. The molecule has 0 aliphatic carbocycles. The van der Waals surface area contributed by atoms with Gasteiger partial charge in [-0.3, -0.25) is 0 Å². The summed E-state index contributed by atoms with van der Waals surface area (Å²) in [5.41, 5.74) is 4.25. The molecule has 1 aliphatic rings. The van der Waals surface area contributed by atoms with Crippen LogP contribution in [0.5, 0.6) is 0 Å². The van der Waals surface area contributed by atoms with Crippen molar-refractivity contribution in [3.63, 3.8) is 0 Å². The minimum absolute atomic E-state index is 0.868. The van der Waals surface area contributed by atoms with Gasteiger partial charge in [-0.2, -0.15) is 0 Å². The summed E-state index contributed by atoms with van der Waals surface area (Å²) in [5.74, 6) is 1.13. The third kappa shape index (κ3) is 2.68. The van der Waals surface area contributed by atoms with Crippen molar-refractivity contribution in [2.45, 2.75) is 19.4 Å². The van der Waals surface area contributed by atoms with Crippen LogP contribution >= 0.6 is 0 Å². The molecule has 104 valence electrons. The molecule has 1 aromatic carbocycles. The number of hydrogen-bond donors (Lipinski definition) is 1. The van der Waals surface area contributed by atoms with E-state index in [4.69, 9.17) is 0 Å². The highest BCUT2D eigenvalue weighted by Gasteiger charge is 2.16. The molecule has 2 aromatic rings. The van der Waals surface area contributed by atoms with Gasteiger partial charge in [0.15, 0.2) is 0 Å². The fraction of sp³-hybridized carbons (Fsp3) is 0.353. The summed E-state index contributed by atoms with van der Waals surface area (Å²) in [6.07, 6.45) is 4.10. The van der Waals surface area contributed by atoms with Crippen LogP contribution in [0.1, 0.15) is 16.7 Å². The molecule has 0 saturated heterocycles. The number of anilines is 1. The highest BCUT2D eigenvalue weighted by molar-refractivity contribution is 5.48. The van der Waals surface area contributed by atoms with E-state index in [-0.39, 0.29) is 0 Å². The van der Waals surface area contributed by atoms with Crippen molar-refractivity contribution in [3.05, 3.63) is 59.3 Å². The summed E-state index contributed by atoms with van der Waals surface area (Å²) >= 11 is 0. The number of aromatic nitrogens is 1. The van der Waals surface area contributed by atoms with Gasteiger partial charge in [-0.1, -0.05) is 30.3 Å². The predicted octanol–water partition coefficient (Wildman–Crippen LogP) is 2.41. The van der Waals surface area contributed by atoms with Gasteiger partial charge in [-0.15, -0.1) is 0 Å². The molecule has 2 heterocycles. The number of hydrogen-bond acceptors (Lipinski definition) is 3. The van der Waals surface area contributed by atoms with E-state index in [0.717, 1.165) is 38.3 Å². The lowest BCUT2D eigenvalue weighted by atomic mass is 10.0. The van der Waals surface area contributed by atoms with Crippen molar-refractivity contribution in [3.8, 4) is 0 Å². The maximum absolute atomic E-state index is 4.61. The van der Waals surface area contributed by atoms with Gasteiger partial charge in [-0.25, -0.2) is 4.98 Å². The van der Waals surface area contributed by atoms with Crippen LogP contribution in [0.4, 0.5) is 5.82 Å². The summed E-state index contributed by atoms with van der Waals surface area (Å²) in [5, 5.41) is 3.23. The van der Waals surface area contributed by atoms with E-state index >= 15 is 0 Å². The van der Waals surface area contributed by atoms with Crippen molar-refractivity contribution in [2.24, 2.45) is 0 Å². The lowest BCUT2D eigenvalue weighted by Gasteiger charge is -2.24. The normalized spacial score (nSPS) is 14.8. The van der Waals surface area contributed by atoms with Crippen molar-refractivity contribution in [1.29, 1.82) is 0 Å². The number of benzene rings is 1. The van der Waals surface area contributed by atoms with Crippen LogP contribution in [0, 0.1) is 0 Å². The SMILES string of the molecule is CNCc1cccnc1N1CCc2ccccc2CC1. The van der Waals surface area contributed by atoms with Gasteiger partial charge in [0.1, 0.15) is 5.82 Å². The molecule has 3 heteroatoms.